The predicted molar refractivity (Wildman–Crippen MR) is 53.9 cm³/mol. The van der Waals surface area contributed by atoms with Gasteiger partial charge in [-0.1, -0.05) is 6.08 Å². The van der Waals surface area contributed by atoms with Crippen molar-refractivity contribution in [2.75, 3.05) is 6.54 Å². The van der Waals surface area contributed by atoms with Crippen molar-refractivity contribution in [3.8, 4) is 12.1 Å². The zero-order valence-electron chi connectivity index (χ0n) is 8.27. The number of Topliss-reactive ketones (excluding diaryl/α,β-unsaturated/α-hetero) is 1. The molecule has 15 heavy (non-hydrogen) atoms. The Morgan fingerprint density at radius 3 is 2.60 bits per heavy atom. The molecular formula is C11H9N3O. The minimum absolute atomic E-state index is 0.0110. The number of carbonyl (C=O) groups is 1. The minimum Gasteiger partial charge on any atom is -0.339 e. The Hall–Kier alpha value is -2.33. The van der Waals surface area contributed by atoms with Crippen LogP contribution in [0.4, 0.5) is 0 Å². The molecule has 74 valence electrons. The maximum atomic E-state index is 11.0. The van der Waals surface area contributed by atoms with Crippen molar-refractivity contribution in [1.82, 2.24) is 4.90 Å². The molecule has 0 N–H and O–H groups in total. The van der Waals surface area contributed by atoms with Gasteiger partial charge in [-0.3, -0.25) is 4.79 Å². The van der Waals surface area contributed by atoms with E-state index in [0.717, 1.165) is 0 Å². The lowest BCUT2D eigenvalue weighted by Gasteiger charge is -2.21. The van der Waals surface area contributed by atoms with Crippen LogP contribution < -0.4 is 0 Å². The fourth-order valence-electron chi connectivity index (χ4n) is 1.22. The molecule has 0 fully saturated rings. The number of ketones is 1. The van der Waals surface area contributed by atoms with Crippen LogP contribution in [-0.2, 0) is 4.79 Å². The topological polar surface area (TPSA) is 67.9 Å². The van der Waals surface area contributed by atoms with E-state index in [-0.39, 0.29) is 17.9 Å². The molecule has 0 aromatic heterocycles. The molecule has 0 saturated heterocycles. The van der Waals surface area contributed by atoms with Gasteiger partial charge in [-0.05, 0) is 19.1 Å². The van der Waals surface area contributed by atoms with Crippen LogP contribution in [0.15, 0.2) is 35.7 Å². The first-order chi connectivity index (χ1) is 7.19. The molecule has 0 aliphatic carbocycles. The van der Waals surface area contributed by atoms with Crippen LogP contribution in [0.1, 0.15) is 6.92 Å². The van der Waals surface area contributed by atoms with Crippen molar-refractivity contribution in [2.45, 2.75) is 6.92 Å². The summed E-state index contributed by atoms with van der Waals surface area (Å²) in [5.41, 5.74) is 0.481. The van der Waals surface area contributed by atoms with E-state index in [1.807, 2.05) is 0 Å². The monoisotopic (exact) mass is 199 g/mol. The van der Waals surface area contributed by atoms with E-state index >= 15 is 0 Å². The Bertz CT molecular complexity index is 427. The Labute approximate surface area is 88.0 Å². The highest BCUT2D eigenvalue weighted by Gasteiger charge is 2.13. The van der Waals surface area contributed by atoms with Gasteiger partial charge in [-0.2, -0.15) is 10.5 Å². The third kappa shape index (κ3) is 2.55. The average molecular weight is 199 g/mol. The summed E-state index contributed by atoms with van der Waals surface area (Å²) in [5.74, 6) is -0.0253. The summed E-state index contributed by atoms with van der Waals surface area (Å²) < 4.78 is 0. The molecule has 1 rings (SSSR count). The quantitative estimate of drug-likeness (QED) is 0.628. The van der Waals surface area contributed by atoms with Gasteiger partial charge in [0, 0.05) is 6.20 Å². The Morgan fingerprint density at radius 1 is 1.40 bits per heavy atom. The van der Waals surface area contributed by atoms with Crippen LogP contribution in [0.25, 0.3) is 0 Å². The molecule has 0 aromatic rings. The van der Waals surface area contributed by atoms with Crippen LogP contribution in [0.3, 0.4) is 0 Å². The lowest BCUT2D eigenvalue weighted by molar-refractivity contribution is -0.117. The fourth-order valence-corrected chi connectivity index (χ4v) is 1.22. The van der Waals surface area contributed by atoms with Crippen molar-refractivity contribution in [3.63, 3.8) is 0 Å². The maximum Gasteiger partial charge on any atom is 0.153 e. The highest BCUT2D eigenvalue weighted by atomic mass is 16.1. The van der Waals surface area contributed by atoms with Gasteiger partial charge in [0.1, 0.15) is 17.9 Å². The summed E-state index contributed by atoms with van der Waals surface area (Å²) in [6.45, 7) is 1.63. The molecule has 0 radical (unpaired) electrons. The van der Waals surface area contributed by atoms with E-state index in [1.54, 1.807) is 41.5 Å². The van der Waals surface area contributed by atoms with E-state index < -0.39 is 0 Å². The van der Waals surface area contributed by atoms with E-state index in [0.29, 0.717) is 5.70 Å². The molecule has 0 bridgehead atoms. The van der Waals surface area contributed by atoms with Crippen molar-refractivity contribution < 1.29 is 4.79 Å². The number of rotatable bonds is 2. The maximum absolute atomic E-state index is 11.0. The second-order valence-corrected chi connectivity index (χ2v) is 3.01. The van der Waals surface area contributed by atoms with E-state index in [1.165, 1.54) is 6.92 Å². The van der Waals surface area contributed by atoms with Crippen molar-refractivity contribution >= 4 is 5.78 Å². The Balaban J connectivity index is 3.07. The van der Waals surface area contributed by atoms with Gasteiger partial charge in [0.25, 0.3) is 0 Å². The number of nitriles is 2. The largest absolute Gasteiger partial charge is 0.339 e. The van der Waals surface area contributed by atoms with E-state index in [4.69, 9.17) is 10.5 Å². The molecule has 0 atom stereocenters. The summed E-state index contributed by atoms with van der Waals surface area (Å²) in [6, 6.07) is 3.61. The van der Waals surface area contributed by atoms with Gasteiger partial charge in [0.15, 0.2) is 5.57 Å². The first-order valence-corrected chi connectivity index (χ1v) is 4.34. The summed E-state index contributed by atoms with van der Waals surface area (Å²) in [5, 5.41) is 17.5. The fraction of sp³-hybridized carbons (Fsp3) is 0.182. The number of carbonyl (C=O) groups excluding carboxylic acids is 1. The van der Waals surface area contributed by atoms with Crippen LogP contribution in [0.5, 0.6) is 0 Å². The number of hydrogen-bond donors (Lipinski definition) is 0. The second kappa shape index (κ2) is 4.78. The predicted octanol–water partition coefficient (Wildman–Crippen LogP) is 1.26. The number of hydrogen-bond acceptors (Lipinski definition) is 4. The zero-order valence-corrected chi connectivity index (χ0v) is 8.27. The van der Waals surface area contributed by atoms with Gasteiger partial charge < -0.3 is 4.90 Å². The minimum atomic E-state index is -0.0253. The highest BCUT2D eigenvalue weighted by Crippen LogP contribution is 2.15. The standard InChI is InChI=1S/C11H9N3O/c1-9(15)8-14-5-3-2-4-11(14)10(6-12)7-13/h2-5H,8H2,1H3. The van der Waals surface area contributed by atoms with Gasteiger partial charge in [0.2, 0.25) is 0 Å². The van der Waals surface area contributed by atoms with Crippen LogP contribution in [0.2, 0.25) is 0 Å². The van der Waals surface area contributed by atoms with E-state index in [9.17, 15) is 4.79 Å². The average Bonchev–Trinajstić information content (AvgIpc) is 2.21. The summed E-state index contributed by atoms with van der Waals surface area (Å²) in [6.07, 6.45) is 6.79. The van der Waals surface area contributed by atoms with Gasteiger partial charge in [-0.25, -0.2) is 0 Å². The van der Waals surface area contributed by atoms with Crippen molar-refractivity contribution in [3.05, 3.63) is 35.7 Å². The van der Waals surface area contributed by atoms with Gasteiger partial charge in [0.05, 0.1) is 12.2 Å². The molecule has 1 aliphatic heterocycles. The third-order valence-electron chi connectivity index (χ3n) is 1.81. The third-order valence-corrected chi connectivity index (χ3v) is 1.81. The molecule has 0 spiro atoms. The zero-order chi connectivity index (χ0) is 11.3. The lowest BCUT2D eigenvalue weighted by atomic mass is 10.1. The second-order valence-electron chi connectivity index (χ2n) is 3.01. The number of allylic oxidation sites excluding steroid dienone is 4. The smallest absolute Gasteiger partial charge is 0.153 e. The van der Waals surface area contributed by atoms with Crippen LogP contribution >= 0.6 is 0 Å². The van der Waals surface area contributed by atoms with Crippen LogP contribution in [-0.4, -0.2) is 17.2 Å². The van der Waals surface area contributed by atoms with Gasteiger partial charge in [-0.15, -0.1) is 0 Å². The lowest BCUT2D eigenvalue weighted by Crippen LogP contribution is -2.24. The summed E-state index contributed by atoms with van der Waals surface area (Å²) in [7, 11) is 0. The SMILES string of the molecule is CC(=O)CN1C=CC=CC1=C(C#N)C#N. The van der Waals surface area contributed by atoms with E-state index in [2.05, 4.69) is 0 Å². The molecule has 1 aliphatic rings. The molecule has 1 heterocycles. The normalized spacial score (nSPS) is 13.3. The summed E-state index contributed by atoms with van der Waals surface area (Å²) in [4.78, 5) is 12.6. The molecule has 4 nitrogen and oxygen atoms in total. The van der Waals surface area contributed by atoms with Crippen LogP contribution in [0, 0.1) is 22.7 Å². The molecule has 0 unspecified atom stereocenters. The first-order valence-electron chi connectivity index (χ1n) is 4.34. The Morgan fingerprint density at radius 2 is 2.07 bits per heavy atom. The van der Waals surface area contributed by atoms with Crippen molar-refractivity contribution in [1.29, 1.82) is 10.5 Å². The first kappa shape index (κ1) is 10.7. The van der Waals surface area contributed by atoms with Gasteiger partial charge >= 0.3 is 0 Å². The molecule has 0 amide bonds. The molecular weight excluding hydrogens is 190 g/mol. The number of nitrogens with zero attached hydrogens (tertiary/aromatic N) is 3. The Kier molecular flexibility index (Phi) is 3.43. The molecule has 0 saturated carbocycles. The highest BCUT2D eigenvalue weighted by molar-refractivity contribution is 5.78. The van der Waals surface area contributed by atoms with Crippen molar-refractivity contribution in [2.24, 2.45) is 0 Å². The molecule has 0 aromatic carbocycles. The molecule has 4 heteroatoms. The summed E-state index contributed by atoms with van der Waals surface area (Å²) >= 11 is 0.